The van der Waals surface area contributed by atoms with Crippen LogP contribution in [0, 0.1) is 5.92 Å². The predicted octanol–water partition coefficient (Wildman–Crippen LogP) is 7.74. The van der Waals surface area contributed by atoms with Crippen molar-refractivity contribution in [3.8, 4) is 0 Å². The van der Waals surface area contributed by atoms with Crippen molar-refractivity contribution in [2.24, 2.45) is 5.92 Å². The molecule has 5 unspecified atom stereocenters. The van der Waals surface area contributed by atoms with E-state index in [4.69, 9.17) is 9.84 Å². The molecule has 2 N–H and O–H groups in total. The molecule has 0 amide bonds. The Balaban J connectivity index is -0.0000000146. The zero-order chi connectivity index (χ0) is 12.8. The van der Waals surface area contributed by atoms with E-state index in [9.17, 15) is 5.11 Å². The molecule has 0 aromatic rings. The van der Waals surface area contributed by atoms with Gasteiger partial charge in [-0.25, -0.2) is 0 Å². The molecule has 0 spiro atoms. The second-order valence-corrected chi connectivity index (χ2v) is 5.10. The third-order valence-electron chi connectivity index (χ3n) is 3.17. The lowest BCUT2D eigenvalue weighted by Gasteiger charge is -2.14. The van der Waals surface area contributed by atoms with Gasteiger partial charge >= 0.3 is 0 Å². The summed E-state index contributed by atoms with van der Waals surface area (Å²) in [5.41, 5.74) is -0.393. The van der Waals surface area contributed by atoms with E-state index in [2.05, 4.69) is 13.8 Å². The molecule has 1 rings (SSSR count). The van der Waals surface area contributed by atoms with Crippen molar-refractivity contribution in [2.45, 2.75) is 131 Å². The number of methoxy groups -OCH3 is 1. The molecule has 1 aliphatic rings. The zero-order valence-electron chi connectivity index (χ0n) is 12.1. The topological polar surface area (TPSA) is 49.7 Å². The fourth-order valence-electron chi connectivity index (χ4n) is 1.75. The molecular weight excluding hydrogens is 331 g/mol. The van der Waals surface area contributed by atoms with Crippen molar-refractivity contribution >= 4 is 9.90 Å². The van der Waals surface area contributed by atoms with Crippen LogP contribution in [-0.4, -0.2) is 35.1 Å². The van der Waals surface area contributed by atoms with Crippen LogP contribution in [0.15, 0.2) is 0 Å². The molecule has 0 heterocycles. The summed E-state index contributed by atoms with van der Waals surface area (Å²) in [6, 6.07) is 0. The summed E-state index contributed by atoms with van der Waals surface area (Å²) in [5.74, 6) is 0.477. The van der Waals surface area contributed by atoms with Crippen molar-refractivity contribution in [1.29, 1.82) is 0 Å². The van der Waals surface area contributed by atoms with Gasteiger partial charge in [-0.2, -0.15) is 9.90 Å². The Kier molecular flexibility index (Phi) is 81.7. The Morgan fingerprint density at radius 3 is 1.48 bits per heavy atom. The Morgan fingerprint density at radius 1 is 1.04 bits per heavy atom. The first-order valence-electron chi connectivity index (χ1n) is 6.29. The molecule has 172 valence electrons. The highest BCUT2D eigenvalue weighted by Gasteiger charge is 2.49. The highest BCUT2D eigenvalue weighted by molar-refractivity contribution is 6.92. The molecule has 0 aliphatic heterocycles. The largest absolute Gasteiger partial charge is 0.393 e. The first kappa shape index (κ1) is 63.8. The van der Waals surface area contributed by atoms with Crippen LogP contribution >= 0.6 is 9.90 Å². The average molecular weight is 398 g/mol. The first-order chi connectivity index (χ1) is 7.35. The van der Waals surface area contributed by atoms with E-state index < -0.39 is 5.60 Å². The first-order valence-corrected chi connectivity index (χ1v) is 6.29. The molecule has 1 saturated carbocycles. The molecule has 0 saturated heterocycles. The highest BCUT2D eigenvalue weighted by atomic mass is 31.0. The summed E-state index contributed by atoms with van der Waals surface area (Å²) in [6.45, 7) is 7.93. The summed E-state index contributed by atoms with van der Waals surface area (Å²) in [4.78, 5) is 0. The van der Waals surface area contributed by atoms with Crippen LogP contribution in [0.5, 0.6) is 0 Å². The van der Waals surface area contributed by atoms with Gasteiger partial charge < -0.3 is 14.9 Å². The van der Waals surface area contributed by atoms with E-state index in [1.54, 1.807) is 7.11 Å². The number of ether oxygens (including phenoxy) is 1. The van der Waals surface area contributed by atoms with Crippen molar-refractivity contribution in [3.63, 3.8) is 0 Å². The van der Waals surface area contributed by atoms with E-state index in [-0.39, 0.29) is 82.9 Å². The number of hydrogen-bond acceptors (Lipinski definition) is 3. The zero-order valence-corrected chi connectivity index (χ0v) is 13.5. The molecule has 1 fully saturated rings. The fraction of sp³-hybridized carbons (Fsp3) is 1.00. The number of hydrogen-bond donors (Lipinski definition) is 2. The van der Waals surface area contributed by atoms with E-state index in [0.29, 0.717) is 5.92 Å². The van der Waals surface area contributed by atoms with Gasteiger partial charge in [0.15, 0.2) is 0 Å². The lowest BCUT2D eigenvalue weighted by atomic mass is 10.1. The van der Waals surface area contributed by atoms with Crippen LogP contribution in [0.1, 0.15) is 114 Å². The minimum Gasteiger partial charge on any atom is -0.393 e. The third-order valence-corrected chi connectivity index (χ3v) is 3.17. The monoisotopic (exact) mass is 397 g/mol. The van der Waals surface area contributed by atoms with Crippen molar-refractivity contribution in [3.05, 3.63) is 0 Å². The number of rotatable bonds is 5. The Bertz CT molecular complexity index is 196. The van der Waals surface area contributed by atoms with Gasteiger partial charge in [-0.1, -0.05) is 79.7 Å². The SMILES string of the molecule is C.C.C.C.C.C.C.C.CCCC(C)O.COC(C)CC1(O)CC1C.P.[2HH]. The quantitative estimate of drug-likeness (QED) is 0.466. The van der Waals surface area contributed by atoms with E-state index >= 15 is 0 Å². The standard InChI is InChI=1S/C8H16O2.C5H12O.8CH4.H3P.H2/c1-6-4-8(6,9)5-7(2)10-3;1-3-4-5(2)6;;;;;;;;;;/h6-7,9H,4-5H2,1-3H3;5-6H,3-4H2,1-2H3;8*1H4;1H3;1H/i;;;;;;;;;;;1+1. The van der Waals surface area contributed by atoms with Gasteiger partial charge in [0.1, 0.15) is 0 Å². The second-order valence-electron chi connectivity index (χ2n) is 5.10. The predicted molar refractivity (Wildman–Crippen MR) is 133 cm³/mol. The van der Waals surface area contributed by atoms with Gasteiger partial charge in [0.05, 0.1) is 17.8 Å². The highest BCUT2D eigenvalue weighted by Crippen LogP contribution is 2.46. The fourth-order valence-corrected chi connectivity index (χ4v) is 1.75. The molecule has 4 heteroatoms. The molecule has 25 heavy (non-hydrogen) atoms. The maximum atomic E-state index is 9.62. The Labute approximate surface area is 170 Å². The van der Waals surface area contributed by atoms with Crippen molar-refractivity contribution in [2.75, 3.05) is 7.11 Å². The van der Waals surface area contributed by atoms with Gasteiger partial charge in [-0.3, -0.25) is 0 Å². The lowest BCUT2D eigenvalue weighted by molar-refractivity contribution is 0.0368. The number of aliphatic hydroxyl groups is 2. The smallest absolute Gasteiger partial charge is 0.0702 e. The normalized spacial score (nSPS) is 20.0. The van der Waals surface area contributed by atoms with Crippen LogP contribution in [0.25, 0.3) is 0 Å². The van der Waals surface area contributed by atoms with Gasteiger partial charge in [-0.15, -0.1) is 0 Å². The summed E-state index contributed by atoms with van der Waals surface area (Å²) < 4.78 is 5.05. The third kappa shape index (κ3) is 32.5. The lowest BCUT2D eigenvalue weighted by Crippen LogP contribution is -2.19. The van der Waals surface area contributed by atoms with Gasteiger partial charge in [0.2, 0.25) is 0 Å². The molecule has 0 aromatic heterocycles. The minimum absolute atomic E-state index is 0. The molecule has 0 radical (unpaired) electrons. The molecule has 5 atom stereocenters. The Hall–Kier alpha value is 0.310. The molecule has 1 aliphatic carbocycles. The summed E-state index contributed by atoms with van der Waals surface area (Å²) in [5, 5.41) is 18.2. The van der Waals surface area contributed by atoms with E-state index in [1.807, 2.05) is 13.8 Å². The second kappa shape index (κ2) is 32.0. The molecule has 0 bridgehead atoms. The van der Waals surface area contributed by atoms with E-state index in [0.717, 1.165) is 25.7 Å². The summed E-state index contributed by atoms with van der Waals surface area (Å²) >= 11 is 0. The van der Waals surface area contributed by atoms with Crippen molar-refractivity contribution in [1.82, 2.24) is 0 Å². The van der Waals surface area contributed by atoms with Gasteiger partial charge in [-0.05, 0) is 32.6 Å². The summed E-state index contributed by atoms with van der Waals surface area (Å²) in [7, 11) is 1.68. The van der Waals surface area contributed by atoms with Crippen LogP contribution in [0.2, 0.25) is 0 Å². The van der Waals surface area contributed by atoms with Crippen molar-refractivity contribution < 1.29 is 16.4 Å². The molecule has 3 nitrogen and oxygen atoms in total. The van der Waals surface area contributed by atoms with Crippen LogP contribution in [0.3, 0.4) is 0 Å². The molecule has 0 aromatic carbocycles. The summed E-state index contributed by atoms with van der Waals surface area (Å²) in [6.07, 6.45) is 3.83. The maximum Gasteiger partial charge on any atom is 0.0702 e. The molecular formula is C21H65O3P. The van der Waals surface area contributed by atoms with Crippen LogP contribution in [0.4, 0.5) is 0 Å². The van der Waals surface area contributed by atoms with E-state index in [1.165, 1.54) is 0 Å². The minimum atomic E-state index is -0.393. The van der Waals surface area contributed by atoms with Crippen LogP contribution < -0.4 is 0 Å². The number of aliphatic hydroxyl groups excluding tert-OH is 1. The van der Waals surface area contributed by atoms with Crippen LogP contribution in [-0.2, 0) is 4.74 Å². The maximum absolute atomic E-state index is 9.62. The van der Waals surface area contributed by atoms with Gasteiger partial charge in [0, 0.05) is 15.0 Å². The Morgan fingerprint density at radius 2 is 1.36 bits per heavy atom. The van der Waals surface area contributed by atoms with Gasteiger partial charge in [0.25, 0.3) is 0 Å². The average Bonchev–Trinajstić information content (AvgIpc) is 2.74.